The summed E-state index contributed by atoms with van der Waals surface area (Å²) < 4.78 is 6.61. The Labute approximate surface area is 151 Å². The maximum absolute atomic E-state index is 11.9. The number of fused-ring (bicyclic) bond motifs is 1. The van der Waals surface area contributed by atoms with Gasteiger partial charge in [0.05, 0.1) is 25.0 Å². The molecule has 3 rings (SSSR count). The van der Waals surface area contributed by atoms with Gasteiger partial charge in [-0.15, -0.1) is 10.2 Å². The van der Waals surface area contributed by atoms with Crippen LogP contribution in [-0.4, -0.2) is 27.6 Å². The minimum Gasteiger partial charge on any atom is -0.465 e. The molecule has 0 saturated carbocycles. The molecule has 2 heterocycles. The number of aliphatic hydroxyl groups is 1. The zero-order chi connectivity index (χ0) is 18.7. The first-order chi connectivity index (χ1) is 12.5. The second-order valence-corrected chi connectivity index (χ2v) is 6.11. The first-order valence-corrected chi connectivity index (χ1v) is 8.26. The molecule has 0 unspecified atom stereocenters. The van der Waals surface area contributed by atoms with Crippen molar-refractivity contribution in [3.8, 4) is 0 Å². The molecule has 0 atom stereocenters. The van der Waals surface area contributed by atoms with Crippen LogP contribution in [0.1, 0.15) is 41.4 Å². The van der Waals surface area contributed by atoms with Crippen LogP contribution in [-0.2, 0) is 11.3 Å². The van der Waals surface area contributed by atoms with Gasteiger partial charge in [-0.25, -0.2) is 9.78 Å². The number of carbonyl (C=O) groups excluding carboxylic acids is 1. The van der Waals surface area contributed by atoms with Crippen molar-refractivity contribution < 1.29 is 14.6 Å². The number of pyridine rings is 1. The summed E-state index contributed by atoms with van der Waals surface area (Å²) >= 11 is 0. The minimum atomic E-state index is -0.464. The third-order valence-electron chi connectivity index (χ3n) is 3.98. The summed E-state index contributed by atoms with van der Waals surface area (Å²) in [5.41, 5.74) is 3.03. The summed E-state index contributed by atoms with van der Waals surface area (Å²) in [6.45, 7) is 4.00. The maximum Gasteiger partial charge on any atom is 0.340 e. The number of aliphatic hydroxyl groups excluding tert-OH is 1. The minimum absolute atomic E-state index is 0.0519. The predicted molar refractivity (Wildman–Crippen MR) is 97.2 cm³/mol. The van der Waals surface area contributed by atoms with E-state index in [4.69, 9.17) is 4.74 Å². The maximum atomic E-state index is 11.9. The van der Waals surface area contributed by atoms with Crippen molar-refractivity contribution >= 4 is 23.1 Å². The van der Waals surface area contributed by atoms with E-state index in [0.717, 1.165) is 11.3 Å². The van der Waals surface area contributed by atoms with Gasteiger partial charge in [0, 0.05) is 6.20 Å². The molecule has 1 N–H and O–H groups in total. The highest BCUT2D eigenvalue weighted by atomic mass is 16.5. The van der Waals surface area contributed by atoms with Crippen LogP contribution in [0.15, 0.2) is 52.8 Å². The van der Waals surface area contributed by atoms with E-state index in [1.807, 2.05) is 24.3 Å². The molecular weight excluding hydrogens is 332 g/mol. The number of hydrogen-bond acceptors (Lipinski definition) is 6. The highest BCUT2D eigenvalue weighted by molar-refractivity contribution is 5.94. The zero-order valence-electron chi connectivity index (χ0n) is 14.9. The summed E-state index contributed by atoms with van der Waals surface area (Å²) in [5, 5.41) is 18.0. The fourth-order valence-corrected chi connectivity index (χ4v) is 2.62. The molecule has 2 aromatic heterocycles. The van der Waals surface area contributed by atoms with Gasteiger partial charge in [0.1, 0.15) is 11.3 Å². The van der Waals surface area contributed by atoms with Crippen molar-refractivity contribution in [2.75, 3.05) is 7.11 Å². The van der Waals surface area contributed by atoms with E-state index in [0.29, 0.717) is 22.7 Å². The number of carbonyl (C=O) groups is 1. The molecule has 0 aliphatic heterocycles. The van der Waals surface area contributed by atoms with Crippen LogP contribution in [0.25, 0.3) is 5.65 Å². The van der Waals surface area contributed by atoms with Gasteiger partial charge >= 0.3 is 5.97 Å². The number of nitrogens with zero attached hydrogens (tertiary/aromatic N) is 4. The molecule has 0 bridgehead atoms. The molecule has 0 amide bonds. The largest absolute Gasteiger partial charge is 0.465 e. The number of ether oxygens (including phenoxy) is 1. The monoisotopic (exact) mass is 352 g/mol. The van der Waals surface area contributed by atoms with Crippen LogP contribution in [0.4, 0.5) is 11.5 Å². The van der Waals surface area contributed by atoms with E-state index in [1.165, 1.54) is 7.11 Å². The van der Waals surface area contributed by atoms with Gasteiger partial charge in [-0.1, -0.05) is 26.0 Å². The molecule has 26 heavy (non-hydrogen) atoms. The Morgan fingerprint density at radius 2 is 2.04 bits per heavy atom. The summed E-state index contributed by atoms with van der Waals surface area (Å²) in [4.78, 5) is 16.5. The summed E-state index contributed by atoms with van der Waals surface area (Å²) in [7, 11) is 1.33. The lowest BCUT2D eigenvalue weighted by Gasteiger charge is -2.04. The lowest BCUT2D eigenvalue weighted by Crippen LogP contribution is -2.00. The highest BCUT2D eigenvalue weighted by Crippen LogP contribution is 2.30. The number of azo groups is 1. The van der Waals surface area contributed by atoms with Crippen molar-refractivity contribution in [2.24, 2.45) is 10.2 Å². The second kappa shape index (κ2) is 7.45. The number of imidazole rings is 1. The van der Waals surface area contributed by atoms with Crippen LogP contribution in [0.3, 0.4) is 0 Å². The number of esters is 1. The van der Waals surface area contributed by atoms with E-state index in [1.54, 1.807) is 36.5 Å². The molecule has 3 aromatic rings. The Balaban J connectivity index is 2.10. The first kappa shape index (κ1) is 17.8. The Morgan fingerprint density at radius 3 is 2.73 bits per heavy atom. The number of benzene rings is 1. The van der Waals surface area contributed by atoms with Gasteiger partial charge in [0.15, 0.2) is 5.82 Å². The van der Waals surface area contributed by atoms with Crippen LogP contribution in [0.2, 0.25) is 0 Å². The van der Waals surface area contributed by atoms with Crippen molar-refractivity contribution in [2.45, 2.75) is 26.4 Å². The number of hydrogen-bond donors (Lipinski definition) is 1. The third-order valence-corrected chi connectivity index (χ3v) is 3.98. The third kappa shape index (κ3) is 3.34. The molecule has 0 spiro atoms. The van der Waals surface area contributed by atoms with Gasteiger partial charge in [-0.3, -0.25) is 4.40 Å². The van der Waals surface area contributed by atoms with E-state index in [2.05, 4.69) is 15.2 Å². The number of methoxy groups -OCH3 is 1. The van der Waals surface area contributed by atoms with E-state index >= 15 is 0 Å². The number of aromatic nitrogens is 2. The molecule has 0 saturated heterocycles. The van der Waals surface area contributed by atoms with Gasteiger partial charge in [-0.2, -0.15) is 0 Å². The Kier molecular flexibility index (Phi) is 5.09. The highest BCUT2D eigenvalue weighted by Gasteiger charge is 2.16. The fraction of sp³-hybridized carbons (Fsp3) is 0.263. The van der Waals surface area contributed by atoms with Crippen LogP contribution in [0.5, 0.6) is 0 Å². The quantitative estimate of drug-likeness (QED) is 0.552. The Hall–Kier alpha value is -3.06. The topological polar surface area (TPSA) is 88.5 Å². The second-order valence-electron chi connectivity index (χ2n) is 6.11. The molecule has 7 heteroatoms. The average molecular weight is 352 g/mol. The molecule has 0 fully saturated rings. The predicted octanol–water partition coefficient (Wildman–Crippen LogP) is 4.15. The normalized spacial score (nSPS) is 11.6. The Bertz CT molecular complexity index is 976. The standard InChI is InChI=1S/C19H20N4O3/c1-12(2)17-18(23-9-8-13(11-24)10-16(23)20-17)22-21-15-7-5-4-6-14(15)19(25)26-3/h4-10,12,24H,11H2,1-3H3. The molecule has 0 aliphatic rings. The summed E-state index contributed by atoms with van der Waals surface area (Å²) in [5.74, 6) is 0.269. The molecule has 0 aliphatic carbocycles. The van der Waals surface area contributed by atoms with Crippen LogP contribution >= 0.6 is 0 Å². The van der Waals surface area contributed by atoms with E-state index < -0.39 is 5.97 Å². The first-order valence-electron chi connectivity index (χ1n) is 8.26. The lowest BCUT2D eigenvalue weighted by atomic mass is 10.1. The molecule has 0 radical (unpaired) electrons. The fourth-order valence-electron chi connectivity index (χ4n) is 2.62. The Morgan fingerprint density at radius 1 is 1.27 bits per heavy atom. The van der Waals surface area contributed by atoms with E-state index in [-0.39, 0.29) is 12.5 Å². The molecular formula is C19H20N4O3. The lowest BCUT2D eigenvalue weighted by molar-refractivity contribution is 0.0601. The smallest absolute Gasteiger partial charge is 0.340 e. The zero-order valence-corrected chi connectivity index (χ0v) is 14.9. The molecule has 7 nitrogen and oxygen atoms in total. The molecule has 1 aromatic carbocycles. The van der Waals surface area contributed by atoms with Crippen LogP contribution in [0, 0.1) is 0 Å². The van der Waals surface area contributed by atoms with Crippen molar-refractivity contribution in [1.29, 1.82) is 0 Å². The molecule has 134 valence electrons. The van der Waals surface area contributed by atoms with Gasteiger partial charge in [0.2, 0.25) is 0 Å². The van der Waals surface area contributed by atoms with Crippen LogP contribution < -0.4 is 0 Å². The van der Waals surface area contributed by atoms with Gasteiger partial charge in [-0.05, 0) is 35.7 Å². The van der Waals surface area contributed by atoms with Crippen molar-refractivity contribution in [3.63, 3.8) is 0 Å². The average Bonchev–Trinajstić information content (AvgIpc) is 3.03. The van der Waals surface area contributed by atoms with Gasteiger partial charge < -0.3 is 9.84 Å². The van der Waals surface area contributed by atoms with Crippen molar-refractivity contribution in [3.05, 3.63) is 59.4 Å². The van der Waals surface area contributed by atoms with Crippen molar-refractivity contribution in [1.82, 2.24) is 9.38 Å². The summed E-state index contributed by atoms with van der Waals surface area (Å²) in [6.07, 6.45) is 1.81. The van der Waals surface area contributed by atoms with Gasteiger partial charge in [0.25, 0.3) is 0 Å². The SMILES string of the molecule is COC(=O)c1ccccc1N=Nc1c(C(C)C)nc2cc(CO)ccn12. The van der Waals surface area contributed by atoms with E-state index in [9.17, 15) is 9.90 Å². The summed E-state index contributed by atoms with van der Waals surface area (Å²) in [6, 6.07) is 10.5. The number of rotatable bonds is 5.